The molecular formula is C19H36O2S. The van der Waals surface area contributed by atoms with Crippen LogP contribution in [-0.2, 0) is 9.53 Å². The third-order valence-corrected chi connectivity index (χ3v) is 6.14. The van der Waals surface area contributed by atoms with E-state index in [1.165, 1.54) is 84.2 Å². The monoisotopic (exact) mass is 328 g/mol. The number of rotatable bonds is 15. The van der Waals surface area contributed by atoms with Crippen molar-refractivity contribution in [3.8, 4) is 0 Å². The quantitative estimate of drug-likeness (QED) is 0.206. The first-order chi connectivity index (χ1) is 10.8. The zero-order chi connectivity index (χ0) is 16.0. The zero-order valence-corrected chi connectivity index (χ0v) is 15.6. The van der Waals surface area contributed by atoms with E-state index in [-0.39, 0.29) is 5.97 Å². The van der Waals surface area contributed by atoms with E-state index in [0.717, 1.165) is 16.9 Å². The molecule has 1 aliphatic heterocycles. The number of hydrogen-bond acceptors (Lipinski definition) is 3. The lowest BCUT2D eigenvalue weighted by atomic mass is 10.0. The smallest absolute Gasteiger partial charge is 0.305 e. The molecule has 0 bridgehead atoms. The van der Waals surface area contributed by atoms with Crippen LogP contribution in [0.5, 0.6) is 0 Å². The summed E-state index contributed by atoms with van der Waals surface area (Å²) >= 11 is 2.22. The second-order valence-corrected chi connectivity index (χ2v) is 8.14. The highest BCUT2D eigenvalue weighted by Gasteiger charge is 2.36. The van der Waals surface area contributed by atoms with Crippen LogP contribution in [0.3, 0.4) is 0 Å². The van der Waals surface area contributed by atoms with Gasteiger partial charge in [-0.25, -0.2) is 0 Å². The van der Waals surface area contributed by atoms with Crippen LogP contribution in [0, 0.1) is 0 Å². The van der Waals surface area contributed by atoms with E-state index in [1.807, 2.05) is 0 Å². The van der Waals surface area contributed by atoms with Crippen molar-refractivity contribution >= 4 is 17.7 Å². The molecule has 0 aliphatic carbocycles. The Morgan fingerprint density at radius 3 is 1.86 bits per heavy atom. The van der Waals surface area contributed by atoms with Crippen LogP contribution in [0.25, 0.3) is 0 Å². The molecule has 0 radical (unpaired) electrons. The molecule has 1 heterocycles. The van der Waals surface area contributed by atoms with Crippen molar-refractivity contribution in [1.82, 2.24) is 0 Å². The minimum Gasteiger partial charge on any atom is -0.469 e. The molecule has 1 saturated heterocycles. The summed E-state index contributed by atoms with van der Waals surface area (Å²) in [4.78, 5) is 11.0. The molecule has 130 valence electrons. The molecule has 2 nitrogen and oxygen atoms in total. The summed E-state index contributed by atoms with van der Waals surface area (Å²) in [6, 6.07) is 0. The van der Waals surface area contributed by atoms with Gasteiger partial charge in [-0.1, -0.05) is 71.1 Å². The predicted molar refractivity (Wildman–Crippen MR) is 97.5 cm³/mol. The standard InChI is InChI=1S/C19H36O2S/c1-3-4-5-6-8-11-14-17-18(22-17)15-12-9-7-10-13-16-19(20)21-2/h17-18H,3-16H2,1-2H3/t17-,18+/m1/s1. The number of methoxy groups -OCH3 is 1. The van der Waals surface area contributed by atoms with E-state index < -0.39 is 0 Å². The molecule has 0 unspecified atom stereocenters. The average Bonchev–Trinajstić information content (AvgIpc) is 3.28. The van der Waals surface area contributed by atoms with Gasteiger partial charge in [-0.15, -0.1) is 0 Å². The molecule has 0 saturated carbocycles. The van der Waals surface area contributed by atoms with Gasteiger partial charge >= 0.3 is 5.97 Å². The van der Waals surface area contributed by atoms with Crippen molar-refractivity contribution in [2.45, 2.75) is 107 Å². The Morgan fingerprint density at radius 1 is 0.818 bits per heavy atom. The van der Waals surface area contributed by atoms with E-state index in [1.54, 1.807) is 0 Å². The highest BCUT2D eigenvalue weighted by atomic mass is 32.2. The fourth-order valence-electron chi connectivity index (χ4n) is 3.06. The first kappa shape index (κ1) is 19.9. The third kappa shape index (κ3) is 10.5. The van der Waals surface area contributed by atoms with Crippen molar-refractivity contribution in [1.29, 1.82) is 0 Å². The van der Waals surface area contributed by atoms with Crippen LogP contribution in [0.1, 0.15) is 96.8 Å². The van der Waals surface area contributed by atoms with Crippen LogP contribution >= 0.6 is 11.8 Å². The minimum absolute atomic E-state index is 0.0630. The maximum atomic E-state index is 11.0. The Hall–Kier alpha value is -0.180. The SMILES string of the molecule is CCCCCCCC[C@H]1S[C@H]1CCCCCCCC(=O)OC. The highest BCUT2D eigenvalue weighted by Crippen LogP contribution is 2.47. The van der Waals surface area contributed by atoms with Gasteiger partial charge in [-0.2, -0.15) is 11.8 Å². The first-order valence-electron chi connectivity index (χ1n) is 9.50. The Balaban J connectivity index is 1.77. The molecular weight excluding hydrogens is 292 g/mol. The predicted octanol–water partition coefficient (Wildman–Crippen LogP) is 6.12. The Labute approximate surface area is 142 Å². The Morgan fingerprint density at radius 2 is 1.32 bits per heavy atom. The van der Waals surface area contributed by atoms with Gasteiger partial charge in [-0.3, -0.25) is 4.79 Å². The lowest BCUT2D eigenvalue weighted by Gasteiger charge is -2.02. The summed E-state index contributed by atoms with van der Waals surface area (Å²) in [5, 5.41) is 1.97. The molecule has 1 rings (SSSR count). The molecule has 0 amide bonds. The van der Waals surface area contributed by atoms with E-state index >= 15 is 0 Å². The maximum Gasteiger partial charge on any atom is 0.305 e. The summed E-state index contributed by atoms with van der Waals surface area (Å²) in [5.74, 6) is -0.0630. The van der Waals surface area contributed by atoms with Crippen molar-refractivity contribution in [2.24, 2.45) is 0 Å². The number of esters is 1. The molecule has 1 fully saturated rings. The van der Waals surface area contributed by atoms with Gasteiger partial charge in [0.1, 0.15) is 0 Å². The fraction of sp³-hybridized carbons (Fsp3) is 0.947. The fourth-order valence-corrected chi connectivity index (χ4v) is 4.30. The normalized spacial score (nSPS) is 20.1. The topological polar surface area (TPSA) is 26.3 Å². The van der Waals surface area contributed by atoms with E-state index in [0.29, 0.717) is 6.42 Å². The second-order valence-electron chi connectivity index (χ2n) is 6.65. The van der Waals surface area contributed by atoms with Gasteiger partial charge in [0, 0.05) is 16.9 Å². The number of hydrogen-bond donors (Lipinski definition) is 0. The zero-order valence-electron chi connectivity index (χ0n) is 14.8. The molecule has 2 atom stereocenters. The largest absolute Gasteiger partial charge is 0.469 e. The van der Waals surface area contributed by atoms with Gasteiger partial charge in [0.25, 0.3) is 0 Å². The molecule has 0 aromatic rings. The number of unbranched alkanes of at least 4 members (excludes halogenated alkanes) is 9. The average molecular weight is 329 g/mol. The number of thioether (sulfide) groups is 1. The van der Waals surface area contributed by atoms with Crippen LogP contribution < -0.4 is 0 Å². The summed E-state index contributed by atoms with van der Waals surface area (Å²) in [6.45, 7) is 2.28. The molecule has 0 N–H and O–H groups in total. The summed E-state index contributed by atoms with van der Waals surface area (Å²) in [6.07, 6.45) is 18.2. The van der Waals surface area contributed by atoms with Gasteiger partial charge in [-0.05, 0) is 19.3 Å². The van der Waals surface area contributed by atoms with E-state index in [4.69, 9.17) is 0 Å². The van der Waals surface area contributed by atoms with Gasteiger partial charge in [0.15, 0.2) is 0 Å². The number of carbonyl (C=O) groups is 1. The Bertz CT molecular complexity index is 281. The number of carbonyl (C=O) groups excluding carboxylic acids is 1. The summed E-state index contributed by atoms with van der Waals surface area (Å²) in [5.41, 5.74) is 0. The summed E-state index contributed by atoms with van der Waals surface area (Å²) < 4.78 is 4.65. The van der Waals surface area contributed by atoms with Crippen molar-refractivity contribution in [3.05, 3.63) is 0 Å². The lowest BCUT2D eigenvalue weighted by Crippen LogP contribution is -1.99. The van der Waals surface area contributed by atoms with Crippen molar-refractivity contribution in [3.63, 3.8) is 0 Å². The number of ether oxygens (including phenoxy) is 1. The van der Waals surface area contributed by atoms with Gasteiger partial charge < -0.3 is 4.74 Å². The molecule has 0 aromatic heterocycles. The van der Waals surface area contributed by atoms with E-state index in [2.05, 4.69) is 23.4 Å². The minimum atomic E-state index is -0.0630. The van der Waals surface area contributed by atoms with Crippen LogP contribution in [-0.4, -0.2) is 23.6 Å². The first-order valence-corrected chi connectivity index (χ1v) is 10.4. The molecule has 22 heavy (non-hydrogen) atoms. The van der Waals surface area contributed by atoms with Gasteiger partial charge in [0.2, 0.25) is 0 Å². The van der Waals surface area contributed by atoms with Gasteiger partial charge in [0.05, 0.1) is 7.11 Å². The maximum absolute atomic E-state index is 11.0. The van der Waals surface area contributed by atoms with Crippen LogP contribution in [0.2, 0.25) is 0 Å². The summed E-state index contributed by atoms with van der Waals surface area (Å²) in [7, 11) is 1.47. The third-order valence-electron chi connectivity index (χ3n) is 4.63. The van der Waals surface area contributed by atoms with Crippen molar-refractivity contribution in [2.75, 3.05) is 7.11 Å². The Kier molecular flexibility index (Phi) is 12.0. The molecule has 0 spiro atoms. The van der Waals surface area contributed by atoms with Crippen molar-refractivity contribution < 1.29 is 9.53 Å². The van der Waals surface area contributed by atoms with E-state index in [9.17, 15) is 4.79 Å². The molecule has 0 aromatic carbocycles. The highest BCUT2D eigenvalue weighted by molar-refractivity contribution is 8.07. The molecule has 3 heteroatoms. The second kappa shape index (κ2) is 13.3. The molecule has 1 aliphatic rings. The van der Waals surface area contributed by atoms with Crippen LogP contribution in [0.15, 0.2) is 0 Å². The van der Waals surface area contributed by atoms with Crippen LogP contribution in [0.4, 0.5) is 0 Å². The lowest BCUT2D eigenvalue weighted by molar-refractivity contribution is -0.140.